The van der Waals surface area contributed by atoms with E-state index in [-0.39, 0.29) is 24.0 Å². The summed E-state index contributed by atoms with van der Waals surface area (Å²) in [7, 11) is 0. The Morgan fingerprint density at radius 2 is 2.19 bits per heavy atom. The normalized spacial score (nSPS) is 11.6. The van der Waals surface area contributed by atoms with E-state index in [1.165, 1.54) is 10.9 Å². The van der Waals surface area contributed by atoms with Gasteiger partial charge in [0.2, 0.25) is 0 Å². The van der Waals surface area contributed by atoms with Gasteiger partial charge in [-0.2, -0.15) is 5.10 Å². The standard InChI is InChI=1S/C10H15ClN2O3/c1-10(2,3)13-9(15)8(11)7(6-12-13)16-5-4-14/h6,14H,4-5H2,1-3H3. The zero-order valence-corrected chi connectivity index (χ0v) is 10.3. The molecule has 1 heterocycles. The Hall–Kier alpha value is -1.07. The Balaban J connectivity index is 3.14. The maximum atomic E-state index is 11.8. The van der Waals surface area contributed by atoms with E-state index in [1.54, 1.807) is 0 Å². The second kappa shape index (κ2) is 4.84. The zero-order valence-electron chi connectivity index (χ0n) is 9.53. The van der Waals surface area contributed by atoms with Crippen molar-refractivity contribution in [3.63, 3.8) is 0 Å². The Kier molecular flexibility index (Phi) is 3.93. The van der Waals surface area contributed by atoms with Crippen LogP contribution >= 0.6 is 11.6 Å². The van der Waals surface area contributed by atoms with Crippen LogP contribution in [0.5, 0.6) is 5.75 Å². The third-order valence-electron chi connectivity index (χ3n) is 1.87. The first-order valence-corrected chi connectivity index (χ1v) is 5.27. The van der Waals surface area contributed by atoms with Gasteiger partial charge in [0.15, 0.2) is 10.8 Å². The quantitative estimate of drug-likeness (QED) is 0.865. The first-order chi connectivity index (χ1) is 7.38. The molecule has 0 unspecified atom stereocenters. The largest absolute Gasteiger partial charge is 0.488 e. The van der Waals surface area contributed by atoms with Gasteiger partial charge in [-0.25, -0.2) is 4.68 Å². The number of nitrogens with zero attached hydrogens (tertiary/aromatic N) is 2. The molecule has 0 aliphatic carbocycles. The molecule has 5 nitrogen and oxygen atoms in total. The molecule has 1 rings (SSSR count). The molecule has 0 bridgehead atoms. The Morgan fingerprint density at radius 1 is 1.56 bits per heavy atom. The van der Waals surface area contributed by atoms with E-state index < -0.39 is 11.1 Å². The molecule has 0 atom stereocenters. The average molecular weight is 247 g/mol. The molecule has 6 heteroatoms. The van der Waals surface area contributed by atoms with Crippen molar-refractivity contribution in [2.75, 3.05) is 13.2 Å². The van der Waals surface area contributed by atoms with Gasteiger partial charge in [0.1, 0.15) is 6.61 Å². The summed E-state index contributed by atoms with van der Waals surface area (Å²) < 4.78 is 6.37. The second-order valence-corrected chi connectivity index (χ2v) is 4.66. The molecule has 0 aliphatic rings. The highest BCUT2D eigenvalue weighted by atomic mass is 35.5. The smallest absolute Gasteiger partial charge is 0.289 e. The molecule has 16 heavy (non-hydrogen) atoms. The van der Waals surface area contributed by atoms with Crippen LogP contribution < -0.4 is 10.3 Å². The van der Waals surface area contributed by atoms with Gasteiger partial charge < -0.3 is 9.84 Å². The number of aliphatic hydroxyl groups is 1. The first kappa shape index (κ1) is 13.0. The minimum Gasteiger partial charge on any atom is -0.488 e. The lowest BCUT2D eigenvalue weighted by atomic mass is 10.1. The molecule has 0 aliphatic heterocycles. The molecule has 0 amide bonds. The number of rotatable bonds is 3. The summed E-state index contributed by atoms with van der Waals surface area (Å²) in [5.41, 5.74) is -0.833. The highest BCUT2D eigenvalue weighted by molar-refractivity contribution is 6.31. The molecular formula is C10H15ClN2O3. The first-order valence-electron chi connectivity index (χ1n) is 4.90. The van der Waals surface area contributed by atoms with E-state index in [4.69, 9.17) is 21.4 Å². The molecule has 0 fully saturated rings. The van der Waals surface area contributed by atoms with Crippen LogP contribution in [0.25, 0.3) is 0 Å². The number of ether oxygens (including phenoxy) is 1. The van der Waals surface area contributed by atoms with Gasteiger partial charge in [0, 0.05) is 0 Å². The van der Waals surface area contributed by atoms with Gasteiger partial charge >= 0.3 is 0 Å². The van der Waals surface area contributed by atoms with E-state index in [0.717, 1.165) is 0 Å². The summed E-state index contributed by atoms with van der Waals surface area (Å²) >= 11 is 5.86. The van der Waals surface area contributed by atoms with Crippen molar-refractivity contribution >= 4 is 11.6 Å². The van der Waals surface area contributed by atoms with Crippen LogP contribution in [-0.2, 0) is 5.54 Å². The fourth-order valence-corrected chi connectivity index (χ4v) is 1.34. The van der Waals surface area contributed by atoms with Gasteiger partial charge in [-0.1, -0.05) is 11.6 Å². The minimum atomic E-state index is -0.434. The zero-order chi connectivity index (χ0) is 12.3. The predicted molar refractivity (Wildman–Crippen MR) is 61.1 cm³/mol. The van der Waals surface area contributed by atoms with Crippen molar-refractivity contribution in [1.82, 2.24) is 9.78 Å². The fraction of sp³-hybridized carbons (Fsp3) is 0.600. The number of hydrogen-bond donors (Lipinski definition) is 1. The third-order valence-corrected chi connectivity index (χ3v) is 2.22. The van der Waals surface area contributed by atoms with E-state index in [1.807, 2.05) is 20.8 Å². The van der Waals surface area contributed by atoms with Crippen LogP contribution in [0.4, 0.5) is 0 Å². The SMILES string of the molecule is CC(C)(C)n1ncc(OCCO)c(Cl)c1=O. The Bertz CT molecular complexity index is 423. The summed E-state index contributed by atoms with van der Waals surface area (Å²) in [4.78, 5) is 11.8. The van der Waals surface area contributed by atoms with Gasteiger partial charge in [-0.15, -0.1) is 0 Å². The maximum absolute atomic E-state index is 11.8. The second-order valence-electron chi connectivity index (χ2n) is 4.28. The van der Waals surface area contributed by atoms with E-state index in [0.29, 0.717) is 0 Å². The average Bonchev–Trinajstić information content (AvgIpc) is 2.18. The Morgan fingerprint density at radius 3 is 2.69 bits per heavy atom. The summed E-state index contributed by atoms with van der Waals surface area (Å²) in [5, 5.41) is 12.6. The number of aliphatic hydroxyl groups excluding tert-OH is 1. The highest BCUT2D eigenvalue weighted by Crippen LogP contribution is 2.20. The van der Waals surface area contributed by atoms with Crippen LogP contribution in [0.1, 0.15) is 20.8 Å². The van der Waals surface area contributed by atoms with E-state index in [9.17, 15) is 4.79 Å². The lowest BCUT2D eigenvalue weighted by molar-refractivity contribution is 0.199. The summed E-state index contributed by atoms with van der Waals surface area (Å²) in [6.45, 7) is 5.50. The van der Waals surface area contributed by atoms with Crippen LogP contribution in [0.3, 0.4) is 0 Å². The molecule has 0 radical (unpaired) electrons. The Labute approximate surface area is 98.6 Å². The number of hydrogen-bond acceptors (Lipinski definition) is 4. The summed E-state index contributed by atoms with van der Waals surface area (Å²) in [6, 6.07) is 0. The van der Waals surface area contributed by atoms with Crippen molar-refractivity contribution in [2.24, 2.45) is 0 Å². The number of aromatic nitrogens is 2. The van der Waals surface area contributed by atoms with Crippen LogP contribution in [0, 0.1) is 0 Å². The van der Waals surface area contributed by atoms with Crippen molar-refractivity contribution in [1.29, 1.82) is 0 Å². The highest BCUT2D eigenvalue weighted by Gasteiger charge is 2.19. The molecule has 0 saturated carbocycles. The van der Waals surface area contributed by atoms with Gasteiger partial charge in [0.25, 0.3) is 5.56 Å². The molecule has 0 spiro atoms. The monoisotopic (exact) mass is 246 g/mol. The molecule has 1 aromatic rings. The maximum Gasteiger partial charge on any atom is 0.289 e. The molecular weight excluding hydrogens is 232 g/mol. The predicted octanol–water partition coefficient (Wildman–Crippen LogP) is 1.02. The van der Waals surface area contributed by atoms with Crippen LogP contribution in [0.2, 0.25) is 5.02 Å². The van der Waals surface area contributed by atoms with Crippen molar-refractivity contribution in [3.05, 3.63) is 21.6 Å². The fourth-order valence-electron chi connectivity index (χ4n) is 1.15. The van der Waals surface area contributed by atoms with Crippen molar-refractivity contribution in [3.8, 4) is 5.75 Å². The van der Waals surface area contributed by atoms with Gasteiger partial charge in [-0.05, 0) is 20.8 Å². The molecule has 0 saturated heterocycles. The van der Waals surface area contributed by atoms with Crippen molar-refractivity contribution in [2.45, 2.75) is 26.3 Å². The van der Waals surface area contributed by atoms with Crippen LogP contribution in [-0.4, -0.2) is 28.1 Å². The minimum absolute atomic E-state index is 0.0154. The van der Waals surface area contributed by atoms with Crippen LogP contribution in [0.15, 0.2) is 11.0 Å². The summed E-state index contributed by atoms with van der Waals surface area (Å²) in [6.07, 6.45) is 1.38. The number of halogens is 1. The summed E-state index contributed by atoms with van der Waals surface area (Å²) in [5.74, 6) is 0.196. The molecule has 0 aromatic carbocycles. The van der Waals surface area contributed by atoms with Gasteiger partial charge in [0.05, 0.1) is 18.3 Å². The molecule has 90 valence electrons. The van der Waals surface area contributed by atoms with E-state index in [2.05, 4.69) is 5.10 Å². The lowest BCUT2D eigenvalue weighted by Crippen LogP contribution is -2.36. The van der Waals surface area contributed by atoms with E-state index >= 15 is 0 Å². The van der Waals surface area contributed by atoms with Crippen molar-refractivity contribution < 1.29 is 9.84 Å². The molecule has 1 aromatic heterocycles. The lowest BCUT2D eigenvalue weighted by Gasteiger charge is -2.21. The topological polar surface area (TPSA) is 64.3 Å². The van der Waals surface area contributed by atoms with Gasteiger partial charge in [-0.3, -0.25) is 4.79 Å². The third kappa shape index (κ3) is 2.74. The molecule has 1 N–H and O–H groups in total.